The topological polar surface area (TPSA) is 262 Å². The highest BCUT2D eigenvalue weighted by molar-refractivity contribution is 5.99. The minimum Gasteiger partial charge on any atom is -0.497 e. The first-order chi connectivity index (χ1) is 37.0. The summed E-state index contributed by atoms with van der Waals surface area (Å²) in [4.78, 5) is 165. The van der Waals surface area contributed by atoms with Gasteiger partial charge in [0.05, 0.1) is 13.7 Å². The van der Waals surface area contributed by atoms with Gasteiger partial charge in [-0.05, 0) is 73.5 Å². The Bertz CT molecular complexity index is 2330. The third-order valence-corrected chi connectivity index (χ3v) is 15.8. The molecule has 2 aliphatic heterocycles. The van der Waals surface area contributed by atoms with E-state index < -0.39 is 156 Å². The van der Waals surface area contributed by atoms with Crippen molar-refractivity contribution in [3.05, 3.63) is 29.8 Å². The highest BCUT2D eigenvalue weighted by Crippen LogP contribution is 2.26. The predicted octanol–water partition coefficient (Wildman–Crippen LogP) is 2.43. The lowest BCUT2D eigenvalue weighted by Crippen LogP contribution is -2.63. The van der Waals surface area contributed by atoms with Crippen molar-refractivity contribution in [3.63, 3.8) is 0 Å². The standard InChI is InChI=1S/C57H91N9O13/c1-18-35(9)47-49(69)58-31-43(68)62(13)45(33(5)6)50(70)59-40(30-38-23-25-39(78-17)26-24-38)57(77)79-37(11)52(72)66-28-21-20-22-42(66)54(74)63(14)46(34(7)8)51(71)60-44(32(3)4)55(75)61(12)41(27-29-67)53(73)65(16)48(36(10)19-2)56(76)64(47)15/h23-26,29,32-37,40-42,44-48H,18-22,27-28,30-31H2,1-17H3,(H,58,69)(H,59,70)(H,60,71)/t35-,36-,37+,40-,41-,42-,44-,45-,46-,47-,48-/m0/s1. The third kappa shape index (κ3) is 16.5. The number of aldehydes is 1. The second-order valence-electron chi connectivity index (χ2n) is 22.4. The maximum absolute atomic E-state index is 14.9. The molecule has 0 spiro atoms. The van der Waals surface area contributed by atoms with E-state index in [2.05, 4.69) is 16.0 Å². The molecular weight excluding hydrogens is 1020 g/mol. The first kappa shape index (κ1) is 66.7. The van der Waals surface area contributed by atoms with Crippen LogP contribution in [0.25, 0.3) is 0 Å². The summed E-state index contributed by atoms with van der Waals surface area (Å²) in [6.07, 6.45) is 0.575. The van der Waals surface area contributed by atoms with Crippen molar-refractivity contribution in [3.8, 4) is 5.75 Å². The van der Waals surface area contributed by atoms with Crippen LogP contribution in [0, 0.1) is 29.6 Å². The van der Waals surface area contributed by atoms with Crippen molar-refractivity contribution in [2.75, 3.05) is 55.4 Å². The molecule has 2 saturated heterocycles. The SMILES string of the molecule is CC[C@H](C)[C@H]1C(=O)NCC(=O)N(C)[C@@H](C(C)C)C(=O)N[C@@H](Cc2ccc(OC)cc2)C(=O)O[C@H](C)C(=O)N2CCCC[C@H]2C(=O)N(C)[C@@H](C(C)C)C(=O)N[C@@H](C(C)C)C(=O)N(C)[C@@H](CC=O)C(=O)N(C)[C@@H]([C@@H](C)CC)C(=O)N1C. The molecule has 0 aromatic heterocycles. The van der Waals surface area contributed by atoms with Gasteiger partial charge in [0.1, 0.15) is 60.4 Å². The number of likely N-dealkylation sites (N-methyl/N-ethyl adjacent to an activating group) is 5. The average molecular weight is 1110 g/mol. The number of nitrogens with one attached hydrogen (secondary N) is 3. The Kier molecular flexibility index (Phi) is 25.4. The van der Waals surface area contributed by atoms with E-state index in [-0.39, 0.29) is 19.4 Å². The minimum absolute atomic E-state index is 0.105. The number of nitrogens with zero attached hydrogens (tertiary/aromatic N) is 6. The van der Waals surface area contributed by atoms with E-state index in [0.717, 1.165) is 9.80 Å². The van der Waals surface area contributed by atoms with Gasteiger partial charge in [-0.3, -0.25) is 43.2 Å². The zero-order valence-electron chi connectivity index (χ0n) is 49.8. The van der Waals surface area contributed by atoms with Crippen LogP contribution in [0.3, 0.4) is 0 Å². The lowest BCUT2D eigenvalue weighted by atomic mass is 9.92. The van der Waals surface area contributed by atoms with E-state index in [1.165, 1.54) is 68.9 Å². The largest absolute Gasteiger partial charge is 0.497 e. The summed E-state index contributed by atoms with van der Waals surface area (Å²) in [6.45, 7) is 18.3. The smallest absolute Gasteiger partial charge is 0.329 e. The van der Waals surface area contributed by atoms with Crippen molar-refractivity contribution in [2.45, 2.75) is 176 Å². The number of carbonyl (C=O) groups is 11. The molecule has 3 rings (SSSR count). The molecule has 2 fully saturated rings. The molecule has 11 atom stereocenters. The van der Waals surface area contributed by atoms with Gasteiger partial charge in [0.2, 0.25) is 47.3 Å². The number of carbonyl (C=O) groups excluding carboxylic acids is 11. The number of ether oxygens (including phenoxy) is 2. The van der Waals surface area contributed by atoms with E-state index in [4.69, 9.17) is 9.47 Å². The fourth-order valence-electron chi connectivity index (χ4n) is 10.6. The molecule has 2 aliphatic rings. The van der Waals surface area contributed by atoms with E-state index in [0.29, 0.717) is 43.3 Å². The number of amides is 9. The molecule has 0 saturated carbocycles. The Morgan fingerprint density at radius 2 is 1.15 bits per heavy atom. The molecular formula is C57H91N9O13. The van der Waals surface area contributed by atoms with Crippen molar-refractivity contribution < 1.29 is 62.2 Å². The summed E-state index contributed by atoms with van der Waals surface area (Å²) in [7, 11) is 8.49. The van der Waals surface area contributed by atoms with Gasteiger partial charge in [-0.25, -0.2) is 4.79 Å². The molecule has 0 bridgehead atoms. The highest BCUT2D eigenvalue weighted by atomic mass is 16.5. The molecule has 442 valence electrons. The molecule has 3 N–H and O–H groups in total. The number of esters is 1. The van der Waals surface area contributed by atoms with E-state index in [9.17, 15) is 52.7 Å². The van der Waals surface area contributed by atoms with Crippen LogP contribution in [0.1, 0.15) is 120 Å². The summed E-state index contributed by atoms with van der Waals surface area (Å²) in [5.41, 5.74) is 0.590. The van der Waals surface area contributed by atoms with Gasteiger partial charge in [-0.15, -0.1) is 0 Å². The van der Waals surface area contributed by atoms with Gasteiger partial charge in [0, 0.05) is 54.6 Å². The Hall–Kier alpha value is -6.61. The van der Waals surface area contributed by atoms with Crippen molar-refractivity contribution >= 4 is 65.4 Å². The third-order valence-electron chi connectivity index (χ3n) is 15.8. The van der Waals surface area contributed by atoms with Crippen LogP contribution >= 0.6 is 0 Å². The molecule has 1 aromatic carbocycles. The van der Waals surface area contributed by atoms with Gasteiger partial charge in [-0.2, -0.15) is 0 Å². The van der Waals surface area contributed by atoms with Gasteiger partial charge in [-0.1, -0.05) is 94.2 Å². The van der Waals surface area contributed by atoms with E-state index in [1.807, 2.05) is 13.8 Å². The molecule has 1 aromatic rings. The molecule has 0 unspecified atom stereocenters. The lowest BCUT2D eigenvalue weighted by molar-refractivity contribution is -0.165. The maximum Gasteiger partial charge on any atom is 0.329 e. The Labute approximate surface area is 467 Å². The number of piperidine rings is 1. The van der Waals surface area contributed by atoms with Crippen LogP contribution in [0.15, 0.2) is 24.3 Å². The number of benzene rings is 1. The van der Waals surface area contributed by atoms with Crippen LogP contribution in [0.4, 0.5) is 0 Å². The normalized spacial score (nSPS) is 26.9. The molecule has 22 heteroatoms. The van der Waals surface area contributed by atoms with Gasteiger partial charge < -0.3 is 59.6 Å². The highest BCUT2D eigenvalue weighted by Gasteiger charge is 2.45. The number of cyclic esters (lactones) is 1. The monoisotopic (exact) mass is 1110 g/mol. The first-order valence-corrected chi connectivity index (χ1v) is 27.8. The minimum atomic E-state index is -1.46. The summed E-state index contributed by atoms with van der Waals surface area (Å²) in [6, 6.07) is -3.18. The zero-order valence-corrected chi connectivity index (χ0v) is 49.8. The number of methoxy groups -OCH3 is 1. The van der Waals surface area contributed by atoms with Crippen molar-refractivity contribution in [1.82, 2.24) is 45.3 Å². The van der Waals surface area contributed by atoms with Gasteiger partial charge in [0.25, 0.3) is 5.91 Å². The zero-order chi connectivity index (χ0) is 59.9. The molecule has 2 heterocycles. The molecule has 22 nitrogen and oxygen atoms in total. The van der Waals surface area contributed by atoms with E-state index >= 15 is 0 Å². The molecule has 9 amide bonds. The van der Waals surface area contributed by atoms with Crippen LogP contribution in [0.5, 0.6) is 5.75 Å². The van der Waals surface area contributed by atoms with Crippen molar-refractivity contribution in [2.24, 2.45) is 29.6 Å². The second kappa shape index (κ2) is 30.1. The molecule has 0 radical (unpaired) electrons. The predicted molar refractivity (Wildman–Crippen MR) is 295 cm³/mol. The summed E-state index contributed by atoms with van der Waals surface area (Å²) >= 11 is 0. The number of fused-ring (bicyclic) bond motifs is 1. The fraction of sp³-hybridized carbons (Fsp3) is 0.702. The Morgan fingerprint density at radius 1 is 0.620 bits per heavy atom. The van der Waals surface area contributed by atoms with Crippen LogP contribution < -0.4 is 20.7 Å². The quantitative estimate of drug-likeness (QED) is 0.201. The molecule has 79 heavy (non-hydrogen) atoms. The van der Waals surface area contributed by atoms with Crippen LogP contribution in [0.2, 0.25) is 0 Å². The average Bonchev–Trinajstić information content (AvgIpc) is 3.41. The summed E-state index contributed by atoms with van der Waals surface area (Å²) in [5.74, 6) is -9.21. The fourth-order valence-corrected chi connectivity index (χ4v) is 10.6. The first-order valence-electron chi connectivity index (χ1n) is 27.8. The Morgan fingerprint density at radius 3 is 1.68 bits per heavy atom. The molecule has 0 aliphatic carbocycles. The second-order valence-corrected chi connectivity index (χ2v) is 22.4. The van der Waals surface area contributed by atoms with Crippen LogP contribution in [-0.4, -0.2) is 205 Å². The number of rotatable bonds is 12. The van der Waals surface area contributed by atoms with Gasteiger partial charge >= 0.3 is 5.97 Å². The summed E-state index contributed by atoms with van der Waals surface area (Å²) < 4.78 is 11.2. The van der Waals surface area contributed by atoms with Crippen molar-refractivity contribution in [1.29, 1.82) is 0 Å². The lowest BCUT2D eigenvalue weighted by Gasteiger charge is -2.41. The Balaban J connectivity index is 2.26. The number of hydrogen-bond acceptors (Lipinski definition) is 13. The number of hydrogen-bond donors (Lipinski definition) is 3. The summed E-state index contributed by atoms with van der Waals surface area (Å²) in [5, 5.41) is 8.26. The maximum atomic E-state index is 14.9. The van der Waals surface area contributed by atoms with E-state index in [1.54, 1.807) is 79.7 Å². The van der Waals surface area contributed by atoms with Crippen LogP contribution in [-0.2, 0) is 63.9 Å². The van der Waals surface area contributed by atoms with Gasteiger partial charge in [0.15, 0.2) is 6.10 Å².